The molecule has 0 aliphatic heterocycles. The molecule has 0 aliphatic carbocycles. The van der Waals surface area contributed by atoms with Gasteiger partial charge >= 0.3 is 0 Å². The highest BCUT2D eigenvalue weighted by atomic mass is 35.5. The summed E-state index contributed by atoms with van der Waals surface area (Å²) in [6, 6.07) is 4.41. The highest BCUT2D eigenvalue weighted by Gasteiger charge is 2.15. The number of rotatable bonds is 6. The number of nitro groups is 1. The van der Waals surface area contributed by atoms with Crippen LogP contribution in [0.15, 0.2) is 18.2 Å². The molecule has 1 rings (SSSR count). The van der Waals surface area contributed by atoms with E-state index >= 15 is 0 Å². The second kappa shape index (κ2) is 6.39. The molecule has 0 heterocycles. The SMILES string of the molecule is COC(CNc1ccc(Cl)cc1[N+](=O)[O-])OC. The van der Waals surface area contributed by atoms with E-state index in [4.69, 9.17) is 21.1 Å². The number of nitrogens with zero attached hydrogens (tertiary/aromatic N) is 1. The predicted molar refractivity (Wildman–Crippen MR) is 64.4 cm³/mol. The molecule has 0 aromatic heterocycles. The number of hydrogen-bond acceptors (Lipinski definition) is 5. The molecule has 0 atom stereocenters. The van der Waals surface area contributed by atoms with Gasteiger partial charge in [0.15, 0.2) is 6.29 Å². The molecule has 0 saturated carbocycles. The van der Waals surface area contributed by atoms with Crippen molar-refractivity contribution < 1.29 is 14.4 Å². The van der Waals surface area contributed by atoms with Crippen molar-refractivity contribution in [1.29, 1.82) is 0 Å². The van der Waals surface area contributed by atoms with Gasteiger partial charge < -0.3 is 14.8 Å². The maximum Gasteiger partial charge on any atom is 0.293 e. The Morgan fingerprint density at radius 2 is 2.12 bits per heavy atom. The molecular formula is C10H13ClN2O4. The van der Waals surface area contributed by atoms with E-state index in [-0.39, 0.29) is 5.69 Å². The number of benzene rings is 1. The van der Waals surface area contributed by atoms with Gasteiger partial charge in [-0.2, -0.15) is 0 Å². The lowest BCUT2D eigenvalue weighted by molar-refractivity contribution is -0.384. The number of ether oxygens (including phenoxy) is 2. The van der Waals surface area contributed by atoms with Crippen molar-refractivity contribution in [3.05, 3.63) is 33.3 Å². The first-order valence-electron chi connectivity index (χ1n) is 4.82. The summed E-state index contributed by atoms with van der Waals surface area (Å²) in [6.45, 7) is 0.301. The number of halogens is 1. The molecule has 0 bridgehead atoms. The Labute approximate surface area is 104 Å². The Bertz CT molecular complexity index is 396. The summed E-state index contributed by atoms with van der Waals surface area (Å²) in [7, 11) is 2.98. The standard InChI is InChI=1S/C10H13ClN2O4/c1-16-10(17-2)6-12-8-4-3-7(11)5-9(8)13(14)15/h3-5,10,12H,6H2,1-2H3. The minimum atomic E-state index is -0.497. The third-order valence-corrected chi connectivity index (χ3v) is 2.38. The molecule has 0 saturated heterocycles. The second-order valence-corrected chi connectivity index (χ2v) is 3.64. The molecule has 6 nitrogen and oxygen atoms in total. The first-order valence-corrected chi connectivity index (χ1v) is 5.19. The zero-order chi connectivity index (χ0) is 12.8. The fourth-order valence-corrected chi connectivity index (χ4v) is 1.43. The lowest BCUT2D eigenvalue weighted by Gasteiger charge is -2.14. The lowest BCUT2D eigenvalue weighted by Crippen LogP contribution is -2.23. The fourth-order valence-electron chi connectivity index (χ4n) is 1.26. The van der Waals surface area contributed by atoms with Crippen LogP contribution < -0.4 is 5.32 Å². The van der Waals surface area contributed by atoms with Gasteiger partial charge in [0.05, 0.1) is 11.5 Å². The highest BCUT2D eigenvalue weighted by Crippen LogP contribution is 2.27. The van der Waals surface area contributed by atoms with E-state index in [0.29, 0.717) is 17.3 Å². The van der Waals surface area contributed by atoms with Crippen molar-refractivity contribution in [3.63, 3.8) is 0 Å². The normalized spacial score (nSPS) is 10.6. The number of methoxy groups -OCH3 is 2. The van der Waals surface area contributed by atoms with Crippen LogP contribution in [0.25, 0.3) is 0 Å². The van der Waals surface area contributed by atoms with Crippen LogP contribution in [-0.4, -0.2) is 32.0 Å². The van der Waals surface area contributed by atoms with Crippen molar-refractivity contribution >= 4 is 23.0 Å². The van der Waals surface area contributed by atoms with E-state index in [0.717, 1.165) is 0 Å². The van der Waals surface area contributed by atoms with Gasteiger partial charge in [0, 0.05) is 25.3 Å². The minimum absolute atomic E-state index is 0.0801. The van der Waals surface area contributed by atoms with E-state index < -0.39 is 11.2 Å². The van der Waals surface area contributed by atoms with Crippen LogP contribution in [0.5, 0.6) is 0 Å². The maximum atomic E-state index is 10.8. The molecule has 17 heavy (non-hydrogen) atoms. The molecule has 94 valence electrons. The number of nitro benzene ring substituents is 1. The van der Waals surface area contributed by atoms with Gasteiger partial charge in [-0.05, 0) is 12.1 Å². The summed E-state index contributed by atoms with van der Waals surface area (Å²) in [6.07, 6.45) is -0.467. The fraction of sp³-hybridized carbons (Fsp3) is 0.400. The van der Waals surface area contributed by atoms with E-state index in [9.17, 15) is 10.1 Å². The van der Waals surface area contributed by atoms with Crippen LogP contribution >= 0.6 is 11.6 Å². The average molecular weight is 261 g/mol. The molecule has 0 aliphatic rings. The summed E-state index contributed by atoms with van der Waals surface area (Å²) < 4.78 is 9.93. The zero-order valence-electron chi connectivity index (χ0n) is 9.47. The first kappa shape index (κ1) is 13.7. The van der Waals surface area contributed by atoms with E-state index in [1.54, 1.807) is 12.1 Å². The largest absolute Gasteiger partial charge is 0.374 e. The Balaban J connectivity index is 2.80. The molecule has 1 aromatic rings. The summed E-state index contributed by atoms with van der Waals surface area (Å²) in [5, 5.41) is 14.0. The Kier molecular flexibility index (Phi) is 5.14. The van der Waals surface area contributed by atoms with E-state index in [1.165, 1.54) is 20.3 Å². The molecule has 0 unspecified atom stereocenters. The summed E-state index contributed by atoms with van der Waals surface area (Å²) >= 11 is 5.70. The Hall–Kier alpha value is -1.37. The third-order valence-electron chi connectivity index (χ3n) is 2.14. The third kappa shape index (κ3) is 3.85. The van der Waals surface area contributed by atoms with Crippen LogP contribution in [0, 0.1) is 10.1 Å². The van der Waals surface area contributed by atoms with Crippen molar-refractivity contribution in [2.45, 2.75) is 6.29 Å². The minimum Gasteiger partial charge on any atom is -0.374 e. The lowest BCUT2D eigenvalue weighted by atomic mass is 10.2. The monoisotopic (exact) mass is 260 g/mol. The van der Waals surface area contributed by atoms with E-state index in [1.807, 2.05) is 0 Å². The van der Waals surface area contributed by atoms with Crippen molar-refractivity contribution in [2.24, 2.45) is 0 Å². The van der Waals surface area contributed by atoms with Crippen LogP contribution in [-0.2, 0) is 9.47 Å². The molecule has 7 heteroatoms. The summed E-state index contributed by atoms with van der Waals surface area (Å²) in [5.41, 5.74) is 0.293. The second-order valence-electron chi connectivity index (χ2n) is 3.20. The highest BCUT2D eigenvalue weighted by molar-refractivity contribution is 6.30. The van der Waals surface area contributed by atoms with Gasteiger partial charge in [0.2, 0.25) is 0 Å². The molecule has 1 aromatic carbocycles. The number of nitrogens with one attached hydrogen (secondary N) is 1. The molecule has 1 N–H and O–H groups in total. The molecule has 0 spiro atoms. The predicted octanol–water partition coefficient (Wildman–Crippen LogP) is 2.28. The van der Waals surface area contributed by atoms with Crippen LogP contribution in [0.4, 0.5) is 11.4 Å². The maximum absolute atomic E-state index is 10.8. The smallest absolute Gasteiger partial charge is 0.293 e. The van der Waals surface area contributed by atoms with Gasteiger partial charge in [-0.15, -0.1) is 0 Å². The van der Waals surface area contributed by atoms with Gasteiger partial charge in [-0.1, -0.05) is 11.6 Å². The Morgan fingerprint density at radius 1 is 1.47 bits per heavy atom. The van der Waals surface area contributed by atoms with Gasteiger partial charge in [0.1, 0.15) is 5.69 Å². The van der Waals surface area contributed by atoms with Crippen molar-refractivity contribution in [1.82, 2.24) is 0 Å². The van der Waals surface area contributed by atoms with Gasteiger partial charge in [-0.3, -0.25) is 10.1 Å². The molecule has 0 amide bonds. The topological polar surface area (TPSA) is 73.6 Å². The Morgan fingerprint density at radius 3 is 2.65 bits per heavy atom. The first-order chi connectivity index (χ1) is 8.08. The number of hydrogen-bond donors (Lipinski definition) is 1. The van der Waals surface area contributed by atoms with Crippen molar-refractivity contribution in [3.8, 4) is 0 Å². The number of anilines is 1. The van der Waals surface area contributed by atoms with Crippen LogP contribution in [0.1, 0.15) is 0 Å². The summed E-state index contributed by atoms with van der Waals surface area (Å²) in [4.78, 5) is 10.3. The van der Waals surface area contributed by atoms with Crippen LogP contribution in [0.2, 0.25) is 5.02 Å². The van der Waals surface area contributed by atoms with Crippen LogP contribution in [0.3, 0.4) is 0 Å². The molecular weight excluding hydrogens is 248 g/mol. The molecule has 0 radical (unpaired) electrons. The van der Waals surface area contributed by atoms with Gasteiger partial charge in [-0.25, -0.2) is 0 Å². The quantitative estimate of drug-likeness (QED) is 0.483. The zero-order valence-corrected chi connectivity index (χ0v) is 10.2. The summed E-state index contributed by atoms with van der Waals surface area (Å²) in [5.74, 6) is 0. The van der Waals surface area contributed by atoms with Gasteiger partial charge in [0.25, 0.3) is 5.69 Å². The van der Waals surface area contributed by atoms with E-state index in [2.05, 4.69) is 5.32 Å². The average Bonchev–Trinajstić information content (AvgIpc) is 2.31. The molecule has 0 fully saturated rings. The van der Waals surface area contributed by atoms with Crippen molar-refractivity contribution in [2.75, 3.05) is 26.1 Å².